The Balaban J connectivity index is 2.99. The maximum Gasteiger partial charge on any atom is 0.298 e. The van der Waals surface area contributed by atoms with Gasteiger partial charge in [0.25, 0.3) is 5.69 Å². The molecule has 1 rings (SSSR count). The Morgan fingerprint density at radius 1 is 1.37 bits per heavy atom. The predicted molar refractivity (Wildman–Crippen MR) is 85.5 cm³/mol. The lowest BCUT2D eigenvalue weighted by molar-refractivity contribution is 0.341. The summed E-state index contributed by atoms with van der Waals surface area (Å²) >= 11 is 7.04. The molecule has 0 bridgehead atoms. The normalized spacial score (nSPS) is 14.4. The van der Waals surface area contributed by atoms with Gasteiger partial charge in [0.05, 0.1) is 6.61 Å². The van der Waals surface area contributed by atoms with E-state index in [1.54, 1.807) is 0 Å². The topological polar surface area (TPSA) is 44.2 Å². The number of nitrogens with zero attached hydrogens (tertiary/aromatic N) is 2. The monoisotopic (exact) mass is 320 g/mol. The number of aromatic nitrogens is 2. The van der Waals surface area contributed by atoms with Crippen molar-refractivity contribution < 1.29 is 9.05 Å². The lowest BCUT2D eigenvalue weighted by Crippen LogP contribution is -2.03. The molecule has 1 aromatic rings. The van der Waals surface area contributed by atoms with E-state index in [0.717, 1.165) is 17.3 Å². The van der Waals surface area contributed by atoms with Crippen LogP contribution in [0, 0.1) is 6.92 Å². The van der Waals surface area contributed by atoms with Crippen LogP contribution in [0.4, 0.5) is 0 Å². The molecule has 1 unspecified atom stereocenters. The first-order chi connectivity index (χ1) is 8.90. The fourth-order valence-corrected chi connectivity index (χ4v) is 5.89. The van der Waals surface area contributed by atoms with Gasteiger partial charge in [-0.2, -0.15) is 4.98 Å². The highest BCUT2D eigenvalue weighted by Gasteiger charge is 2.21. The predicted octanol–water partition coefficient (Wildman–Crippen LogP) is 4.30. The highest BCUT2D eigenvalue weighted by atomic mass is 32.9. The zero-order valence-electron chi connectivity index (χ0n) is 12.0. The second-order valence-electron chi connectivity index (χ2n) is 4.23. The van der Waals surface area contributed by atoms with Crippen LogP contribution < -0.4 is 4.52 Å². The Kier molecular flexibility index (Phi) is 6.74. The van der Waals surface area contributed by atoms with Crippen LogP contribution in [0.2, 0.25) is 0 Å². The van der Waals surface area contributed by atoms with Crippen molar-refractivity contribution in [2.45, 2.75) is 40.5 Å². The summed E-state index contributed by atoms with van der Waals surface area (Å²) in [7, 11) is 0. The number of aryl methyl sites for hydroxylation is 1. The molecule has 1 heterocycles. The molecule has 0 radical (unpaired) electrons. The third kappa shape index (κ3) is 5.38. The van der Waals surface area contributed by atoms with Crippen LogP contribution in [0.1, 0.15) is 45.1 Å². The summed E-state index contributed by atoms with van der Waals surface area (Å²) < 4.78 is 11.5. The van der Waals surface area contributed by atoms with Gasteiger partial charge in [-0.05, 0) is 25.7 Å². The van der Waals surface area contributed by atoms with E-state index in [1.165, 1.54) is 11.4 Å². The first kappa shape index (κ1) is 16.9. The largest absolute Gasteiger partial charge is 0.418 e. The average molecular weight is 320 g/mol. The van der Waals surface area contributed by atoms with E-state index in [0.29, 0.717) is 12.5 Å². The van der Waals surface area contributed by atoms with Crippen LogP contribution >= 0.6 is 17.1 Å². The van der Waals surface area contributed by atoms with Gasteiger partial charge in [-0.3, -0.25) is 0 Å². The van der Waals surface area contributed by atoms with E-state index < -0.39 is 5.69 Å². The molecule has 0 aromatic carbocycles. The number of hydrogen-bond acceptors (Lipinski definition) is 6. The zero-order valence-corrected chi connectivity index (χ0v) is 14.6. The van der Waals surface area contributed by atoms with E-state index >= 15 is 0 Å². The zero-order chi connectivity index (χ0) is 14.5. The van der Waals surface area contributed by atoms with Crippen molar-refractivity contribution >= 4 is 28.9 Å². The third-order valence-corrected chi connectivity index (χ3v) is 7.46. The number of rotatable bonds is 7. The molecule has 4 nitrogen and oxygen atoms in total. The lowest BCUT2D eigenvalue weighted by atomic mass is 10.2. The highest BCUT2D eigenvalue weighted by Crippen LogP contribution is 2.59. The van der Waals surface area contributed by atoms with Gasteiger partial charge in [-0.1, -0.05) is 32.2 Å². The molecule has 0 N–H and O–H groups in total. The SMILES string of the molecule is CCOP(=S)(Oc1cc(C)nc(C(C)C)n1)SCC. The van der Waals surface area contributed by atoms with Crippen molar-refractivity contribution in [1.82, 2.24) is 9.97 Å². The van der Waals surface area contributed by atoms with Crippen molar-refractivity contribution in [2.75, 3.05) is 12.4 Å². The van der Waals surface area contributed by atoms with Crippen LogP contribution in [0.15, 0.2) is 6.07 Å². The van der Waals surface area contributed by atoms with Crippen molar-refractivity contribution in [1.29, 1.82) is 0 Å². The van der Waals surface area contributed by atoms with Crippen LogP contribution in [0.3, 0.4) is 0 Å². The molecule has 1 aromatic heterocycles. The van der Waals surface area contributed by atoms with Crippen molar-refractivity contribution in [3.05, 3.63) is 17.6 Å². The average Bonchev–Trinajstić information content (AvgIpc) is 2.28. The Morgan fingerprint density at radius 3 is 2.58 bits per heavy atom. The lowest BCUT2D eigenvalue weighted by Gasteiger charge is -2.20. The molecule has 0 spiro atoms. The second kappa shape index (κ2) is 7.58. The van der Waals surface area contributed by atoms with E-state index in [9.17, 15) is 0 Å². The molecule has 7 heteroatoms. The van der Waals surface area contributed by atoms with Gasteiger partial charge in [0, 0.05) is 23.4 Å². The van der Waals surface area contributed by atoms with Gasteiger partial charge < -0.3 is 9.05 Å². The van der Waals surface area contributed by atoms with Crippen LogP contribution in [-0.2, 0) is 16.3 Å². The molecule has 0 fully saturated rings. The fraction of sp³-hybridized carbons (Fsp3) is 0.667. The molecule has 19 heavy (non-hydrogen) atoms. The van der Waals surface area contributed by atoms with Crippen molar-refractivity contribution in [3.8, 4) is 5.88 Å². The molecule has 0 aliphatic carbocycles. The van der Waals surface area contributed by atoms with E-state index in [1.807, 2.05) is 26.8 Å². The third-order valence-electron chi connectivity index (χ3n) is 2.14. The Bertz CT molecular complexity index is 459. The van der Waals surface area contributed by atoms with Gasteiger partial charge >= 0.3 is 0 Å². The minimum atomic E-state index is -2.35. The van der Waals surface area contributed by atoms with E-state index in [4.69, 9.17) is 20.9 Å². The second-order valence-corrected chi connectivity index (χ2v) is 10.8. The summed E-state index contributed by atoms with van der Waals surface area (Å²) in [5.41, 5.74) is -1.47. The van der Waals surface area contributed by atoms with Crippen molar-refractivity contribution in [3.63, 3.8) is 0 Å². The first-order valence-electron chi connectivity index (χ1n) is 6.34. The molecular formula is C12H21N2O2PS2. The smallest absolute Gasteiger partial charge is 0.298 e. The quantitative estimate of drug-likeness (QED) is 0.698. The fourth-order valence-electron chi connectivity index (χ4n) is 1.39. The molecule has 1 atom stereocenters. The highest BCUT2D eigenvalue weighted by molar-refractivity contribution is 8.68. The molecule has 0 amide bonds. The molecule has 0 aliphatic heterocycles. The minimum Gasteiger partial charge on any atom is -0.418 e. The summed E-state index contributed by atoms with van der Waals surface area (Å²) in [4.78, 5) is 8.81. The Hall–Kier alpha value is -0.160. The summed E-state index contributed by atoms with van der Waals surface area (Å²) in [6.07, 6.45) is 0. The summed E-state index contributed by atoms with van der Waals surface area (Å²) in [6, 6.07) is 1.81. The molecule has 0 saturated carbocycles. The van der Waals surface area contributed by atoms with Gasteiger partial charge in [-0.25, -0.2) is 4.98 Å². The van der Waals surface area contributed by atoms with E-state index in [2.05, 4.69) is 23.8 Å². The molecule has 108 valence electrons. The molecule has 0 saturated heterocycles. The van der Waals surface area contributed by atoms with Gasteiger partial charge in [0.1, 0.15) is 5.82 Å². The van der Waals surface area contributed by atoms with Crippen LogP contribution in [0.25, 0.3) is 0 Å². The van der Waals surface area contributed by atoms with Crippen molar-refractivity contribution in [2.24, 2.45) is 0 Å². The number of hydrogen-bond donors (Lipinski definition) is 0. The van der Waals surface area contributed by atoms with E-state index in [-0.39, 0.29) is 5.92 Å². The first-order valence-corrected chi connectivity index (χ1v) is 10.6. The van der Waals surface area contributed by atoms with Gasteiger partial charge in [-0.15, -0.1) is 0 Å². The van der Waals surface area contributed by atoms with Crippen LogP contribution in [-0.4, -0.2) is 22.3 Å². The molecule has 0 aliphatic rings. The Morgan fingerprint density at radius 2 is 2.05 bits per heavy atom. The summed E-state index contributed by atoms with van der Waals surface area (Å²) in [5.74, 6) is 2.41. The summed E-state index contributed by atoms with van der Waals surface area (Å²) in [5, 5.41) is 0. The van der Waals surface area contributed by atoms with Gasteiger partial charge in [0.2, 0.25) is 5.88 Å². The van der Waals surface area contributed by atoms with Crippen LogP contribution in [0.5, 0.6) is 5.88 Å². The Labute approximate surface area is 124 Å². The maximum absolute atomic E-state index is 5.87. The summed E-state index contributed by atoms with van der Waals surface area (Å²) in [6.45, 7) is 10.5. The standard InChI is InChI=1S/C12H21N2O2PS2/c1-6-15-17(18,19-7-2)16-11-8-10(5)13-12(14-11)9(3)4/h8-9H,6-7H2,1-5H3. The molecular weight excluding hydrogens is 299 g/mol. The maximum atomic E-state index is 5.87. The minimum absolute atomic E-state index is 0.256. The van der Waals surface area contributed by atoms with Gasteiger partial charge in [0.15, 0.2) is 0 Å².